The predicted molar refractivity (Wildman–Crippen MR) is 71.6 cm³/mol. The molecule has 0 spiro atoms. The lowest BCUT2D eigenvalue weighted by molar-refractivity contribution is -0.125. The van der Waals surface area contributed by atoms with Gasteiger partial charge in [-0.05, 0) is 26.2 Å². The van der Waals surface area contributed by atoms with E-state index < -0.39 is 0 Å². The van der Waals surface area contributed by atoms with E-state index in [2.05, 4.69) is 15.5 Å². The Morgan fingerprint density at radius 1 is 1.32 bits per heavy atom. The van der Waals surface area contributed by atoms with Crippen LogP contribution in [0.5, 0.6) is 0 Å². The summed E-state index contributed by atoms with van der Waals surface area (Å²) in [5.41, 5.74) is 0. The lowest BCUT2D eigenvalue weighted by atomic mass is 9.99. The molecule has 1 amide bonds. The average molecular weight is 265 g/mol. The van der Waals surface area contributed by atoms with E-state index in [0.29, 0.717) is 18.3 Å². The maximum atomic E-state index is 12.0. The highest BCUT2D eigenvalue weighted by Crippen LogP contribution is 2.22. The van der Waals surface area contributed by atoms with E-state index in [-0.39, 0.29) is 11.8 Å². The van der Waals surface area contributed by atoms with Gasteiger partial charge in [0.1, 0.15) is 0 Å². The van der Waals surface area contributed by atoms with E-state index in [1.807, 2.05) is 0 Å². The standard InChI is InChI=1S/C14H23N3O2/c1-11-16-13(19-17-11)9-6-10-15-14(18)12-7-4-2-3-5-8-12/h12H,2-10H2,1H3,(H,15,18). The monoisotopic (exact) mass is 265 g/mol. The summed E-state index contributed by atoms with van der Waals surface area (Å²) >= 11 is 0. The SMILES string of the molecule is Cc1noc(CCCNC(=O)C2CCCCCC2)n1. The van der Waals surface area contributed by atoms with Gasteiger partial charge in [-0.1, -0.05) is 30.8 Å². The first-order valence-electron chi connectivity index (χ1n) is 7.32. The molecule has 2 rings (SSSR count). The number of carbonyl (C=O) groups excluding carboxylic acids is 1. The van der Waals surface area contributed by atoms with Crippen LogP contribution in [0.15, 0.2) is 4.52 Å². The minimum absolute atomic E-state index is 0.226. The van der Waals surface area contributed by atoms with Gasteiger partial charge in [0.2, 0.25) is 11.8 Å². The molecule has 0 saturated heterocycles. The fraction of sp³-hybridized carbons (Fsp3) is 0.786. The molecule has 1 heterocycles. The molecule has 0 unspecified atom stereocenters. The molecule has 19 heavy (non-hydrogen) atoms. The van der Waals surface area contributed by atoms with Gasteiger partial charge < -0.3 is 9.84 Å². The molecule has 0 bridgehead atoms. The fourth-order valence-corrected chi connectivity index (χ4v) is 2.58. The molecule has 0 atom stereocenters. The number of amides is 1. The number of hydrogen-bond donors (Lipinski definition) is 1. The quantitative estimate of drug-likeness (QED) is 0.655. The van der Waals surface area contributed by atoms with Gasteiger partial charge in [-0.15, -0.1) is 0 Å². The summed E-state index contributed by atoms with van der Waals surface area (Å²) in [4.78, 5) is 16.1. The zero-order chi connectivity index (χ0) is 13.5. The minimum atomic E-state index is 0.226. The molecule has 1 aliphatic rings. The summed E-state index contributed by atoms with van der Waals surface area (Å²) in [6, 6.07) is 0. The summed E-state index contributed by atoms with van der Waals surface area (Å²) in [5, 5.41) is 6.77. The molecule has 5 heteroatoms. The number of aryl methyl sites for hydroxylation is 2. The van der Waals surface area contributed by atoms with Crippen LogP contribution in [0.1, 0.15) is 56.7 Å². The van der Waals surface area contributed by atoms with Crippen LogP contribution in [0, 0.1) is 12.8 Å². The fourth-order valence-electron chi connectivity index (χ4n) is 2.58. The van der Waals surface area contributed by atoms with Crippen molar-refractivity contribution in [1.29, 1.82) is 0 Å². The largest absolute Gasteiger partial charge is 0.356 e. The van der Waals surface area contributed by atoms with Crippen LogP contribution in [0.3, 0.4) is 0 Å². The molecular formula is C14H23N3O2. The van der Waals surface area contributed by atoms with Gasteiger partial charge in [-0.3, -0.25) is 4.79 Å². The van der Waals surface area contributed by atoms with Crippen molar-refractivity contribution in [2.45, 2.75) is 58.3 Å². The van der Waals surface area contributed by atoms with E-state index in [1.54, 1.807) is 6.92 Å². The summed E-state index contributed by atoms with van der Waals surface area (Å²) in [7, 11) is 0. The second-order valence-corrected chi connectivity index (χ2v) is 5.32. The highest BCUT2D eigenvalue weighted by molar-refractivity contribution is 5.78. The van der Waals surface area contributed by atoms with Crippen molar-refractivity contribution >= 4 is 5.91 Å². The second-order valence-electron chi connectivity index (χ2n) is 5.32. The van der Waals surface area contributed by atoms with Crippen molar-refractivity contribution in [3.8, 4) is 0 Å². The average Bonchev–Trinajstić information content (AvgIpc) is 2.67. The number of carbonyl (C=O) groups is 1. The summed E-state index contributed by atoms with van der Waals surface area (Å²) in [6.07, 6.45) is 8.62. The molecule has 1 aromatic rings. The van der Waals surface area contributed by atoms with Gasteiger partial charge in [-0.25, -0.2) is 0 Å². The van der Waals surface area contributed by atoms with E-state index in [0.717, 1.165) is 25.7 Å². The van der Waals surface area contributed by atoms with Crippen molar-refractivity contribution in [3.63, 3.8) is 0 Å². The Morgan fingerprint density at radius 3 is 2.68 bits per heavy atom. The van der Waals surface area contributed by atoms with Crippen molar-refractivity contribution in [2.24, 2.45) is 5.92 Å². The second kappa shape index (κ2) is 7.26. The summed E-state index contributed by atoms with van der Waals surface area (Å²) in [6.45, 7) is 2.50. The van der Waals surface area contributed by atoms with Gasteiger partial charge in [0, 0.05) is 18.9 Å². The zero-order valence-corrected chi connectivity index (χ0v) is 11.7. The molecule has 1 fully saturated rings. The first-order chi connectivity index (χ1) is 9.25. The van der Waals surface area contributed by atoms with Crippen LogP contribution >= 0.6 is 0 Å². The Bertz CT molecular complexity index is 395. The van der Waals surface area contributed by atoms with Crippen molar-refractivity contribution in [1.82, 2.24) is 15.5 Å². The van der Waals surface area contributed by atoms with Crippen LogP contribution in [-0.2, 0) is 11.2 Å². The Morgan fingerprint density at radius 2 is 2.05 bits per heavy atom. The van der Waals surface area contributed by atoms with Crippen molar-refractivity contribution in [3.05, 3.63) is 11.7 Å². The topological polar surface area (TPSA) is 68.0 Å². The number of aromatic nitrogens is 2. The first-order valence-corrected chi connectivity index (χ1v) is 7.32. The Labute approximate surface area is 114 Å². The van der Waals surface area contributed by atoms with Gasteiger partial charge in [0.05, 0.1) is 0 Å². The molecule has 1 aromatic heterocycles. The van der Waals surface area contributed by atoms with Crippen LogP contribution in [0.25, 0.3) is 0 Å². The number of nitrogens with one attached hydrogen (secondary N) is 1. The first kappa shape index (κ1) is 14.0. The van der Waals surface area contributed by atoms with E-state index in [1.165, 1.54) is 25.7 Å². The summed E-state index contributed by atoms with van der Waals surface area (Å²) < 4.78 is 5.03. The third-order valence-electron chi connectivity index (χ3n) is 3.66. The maximum absolute atomic E-state index is 12.0. The van der Waals surface area contributed by atoms with Crippen LogP contribution in [0.2, 0.25) is 0 Å². The van der Waals surface area contributed by atoms with Gasteiger partial charge in [0.15, 0.2) is 5.82 Å². The Hall–Kier alpha value is -1.39. The molecule has 1 N–H and O–H groups in total. The number of nitrogens with zero attached hydrogens (tertiary/aromatic N) is 2. The molecular weight excluding hydrogens is 242 g/mol. The predicted octanol–water partition coefficient (Wildman–Crippen LogP) is 2.40. The molecule has 0 radical (unpaired) electrons. The highest BCUT2D eigenvalue weighted by Gasteiger charge is 2.19. The smallest absolute Gasteiger partial charge is 0.226 e. The van der Waals surface area contributed by atoms with Gasteiger partial charge in [-0.2, -0.15) is 4.98 Å². The van der Waals surface area contributed by atoms with Crippen molar-refractivity contribution < 1.29 is 9.32 Å². The van der Waals surface area contributed by atoms with E-state index >= 15 is 0 Å². The zero-order valence-electron chi connectivity index (χ0n) is 11.7. The third kappa shape index (κ3) is 4.65. The lowest BCUT2D eigenvalue weighted by Gasteiger charge is -2.13. The molecule has 0 aliphatic heterocycles. The third-order valence-corrected chi connectivity index (χ3v) is 3.66. The highest BCUT2D eigenvalue weighted by atomic mass is 16.5. The van der Waals surface area contributed by atoms with Crippen molar-refractivity contribution in [2.75, 3.05) is 6.54 Å². The lowest BCUT2D eigenvalue weighted by Crippen LogP contribution is -2.31. The molecule has 1 aliphatic carbocycles. The van der Waals surface area contributed by atoms with E-state index in [9.17, 15) is 4.79 Å². The molecule has 0 aromatic carbocycles. The molecule has 106 valence electrons. The summed E-state index contributed by atoms with van der Waals surface area (Å²) in [5.74, 6) is 1.77. The molecule has 5 nitrogen and oxygen atoms in total. The minimum Gasteiger partial charge on any atom is -0.356 e. The Kier molecular flexibility index (Phi) is 5.36. The molecule has 1 saturated carbocycles. The van der Waals surface area contributed by atoms with Gasteiger partial charge in [0.25, 0.3) is 0 Å². The van der Waals surface area contributed by atoms with Crippen LogP contribution < -0.4 is 5.32 Å². The number of rotatable bonds is 5. The van der Waals surface area contributed by atoms with Gasteiger partial charge >= 0.3 is 0 Å². The maximum Gasteiger partial charge on any atom is 0.226 e. The normalized spacial score (nSPS) is 17.1. The van der Waals surface area contributed by atoms with Crippen LogP contribution in [0.4, 0.5) is 0 Å². The Balaban J connectivity index is 1.63. The van der Waals surface area contributed by atoms with E-state index in [4.69, 9.17) is 4.52 Å². The number of hydrogen-bond acceptors (Lipinski definition) is 4. The van der Waals surface area contributed by atoms with Crippen LogP contribution in [-0.4, -0.2) is 22.6 Å².